The van der Waals surface area contributed by atoms with Gasteiger partial charge in [-0.25, -0.2) is 13.6 Å². The van der Waals surface area contributed by atoms with Crippen molar-refractivity contribution in [1.29, 1.82) is 0 Å². The zero-order chi connectivity index (χ0) is 16.4. The van der Waals surface area contributed by atoms with Crippen LogP contribution in [0.3, 0.4) is 0 Å². The molecule has 1 fully saturated rings. The number of nitrogens with zero attached hydrogens (tertiary/aromatic N) is 3. The molecule has 0 saturated carbocycles. The summed E-state index contributed by atoms with van der Waals surface area (Å²) in [4.78, 5) is 17.2. The minimum absolute atomic E-state index is 0.0282. The molecule has 2 aromatic rings. The summed E-state index contributed by atoms with van der Waals surface area (Å²) in [5, 5.41) is 2.77. The molecule has 0 spiro atoms. The van der Waals surface area contributed by atoms with Gasteiger partial charge in [-0.3, -0.25) is 5.32 Å². The molecule has 3 rings (SSSR count). The van der Waals surface area contributed by atoms with Gasteiger partial charge in [0.2, 0.25) is 5.13 Å². The van der Waals surface area contributed by atoms with Crippen molar-refractivity contribution in [2.75, 3.05) is 25.5 Å². The Morgan fingerprint density at radius 3 is 3.00 bits per heavy atom. The lowest BCUT2D eigenvalue weighted by Gasteiger charge is -2.15. The maximum atomic E-state index is 13.1. The van der Waals surface area contributed by atoms with E-state index in [-0.39, 0.29) is 18.1 Å². The quantitative estimate of drug-likeness (QED) is 0.932. The van der Waals surface area contributed by atoms with Gasteiger partial charge < -0.3 is 9.64 Å². The third-order valence-electron chi connectivity index (χ3n) is 3.42. The fourth-order valence-electron chi connectivity index (χ4n) is 2.23. The molecule has 1 N–H and O–H groups in total. The van der Waals surface area contributed by atoms with Crippen LogP contribution in [0.25, 0.3) is 11.4 Å². The van der Waals surface area contributed by atoms with E-state index in [9.17, 15) is 13.6 Å². The Bertz CT molecular complexity index is 722. The van der Waals surface area contributed by atoms with E-state index in [1.807, 2.05) is 6.07 Å². The summed E-state index contributed by atoms with van der Waals surface area (Å²) in [5.74, 6) is -1.71. The Morgan fingerprint density at radius 1 is 1.48 bits per heavy atom. The second-order valence-electron chi connectivity index (χ2n) is 5.11. The maximum Gasteiger partial charge on any atom is 0.323 e. The lowest BCUT2D eigenvalue weighted by Crippen LogP contribution is -2.34. The summed E-state index contributed by atoms with van der Waals surface area (Å²) in [7, 11) is 1.56. The van der Waals surface area contributed by atoms with Crippen molar-refractivity contribution in [3.05, 3.63) is 24.3 Å². The molecule has 0 bridgehead atoms. The molecule has 1 aliphatic heterocycles. The number of carbonyl (C=O) groups is 1. The van der Waals surface area contributed by atoms with Gasteiger partial charge in [0.25, 0.3) is 5.92 Å². The molecule has 1 saturated heterocycles. The van der Waals surface area contributed by atoms with Gasteiger partial charge in [0, 0.05) is 30.1 Å². The molecule has 0 unspecified atom stereocenters. The molecular formula is C14H14F2N4O2S. The second kappa shape index (κ2) is 6.07. The Hall–Kier alpha value is -2.29. The number of hydrogen-bond donors (Lipinski definition) is 1. The maximum absolute atomic E-state index is 13.1. The summed E-state index contributed by atoms with van der Waals surface area (Å²) in [5.41, 5.74) is 0.744. The van der Waals surface area contributed by atoms with Gasteiger partial charge in [0.1, 0.15) is 5.75 Å². The van der Waals surface area contributed by atoms with Crippen LogP contribution in [0.2, 0.25) is 0 Å². The van der Waals surface area contributed by atoms with Crippen molar-refractivity contribution in [3.63, 3.8) is 0 Å². The summed E-state index contributed by atoms with van der Waals surface area (Å²) >= 11 is 0.997. The van der Waals surface area contributed by atoms with Gasteiger partial charge in [0.15, 0.2) is 5.82 Å². The molecule has 0 atom stereocenters. The predicted molar refractivity (Wildman–Crippen MR) is 82.1 cm³/mol. The van der Waals surface area contributed by atoms with Crippen LogP contribution in [-0.4, -0.2) is 46.4 Å². The number of rotatable bonds is 3. The molecule has 122 valence electrons. The first kappa shape index (κ1) is 15.6. The highest BCUT2D eigenvalue weighted by atomic mass is 32.1. The summed E-state index contributed by atoms with van der Waals surface area (Å²) in [6.07, 6.45) is -0.314. The fraction of sp³-hybridized carbons (Fsp3) is 0.357. The number of ether oxygens (including phenoxy) is 1. The van der Waals surface area contributed by atoms with E-state index in [1.54, 1.807) is 25.3 Å². The number of methoxy groups -OCH3 is 1. The minimum atomic E-state index is -2.82. The number of likely N-dealkylation sites (tertiary alicyclic amines) is 1. The zero-order valence-corrected chi connectivity index (χ0v) is 13.1. The highest BCUT2D eigenvalue weighted by Gasteiger charge is 2.40. The molecule has 2 amide bonds. The fourth-order valence-corrected chi connectivity index (χ4v) is 2.81. The van der Waals surface area contributed by atoms with Crippen LogP contribution in [0, 0.1) is 0 Å². The first-order chi connectivity index (χ1) is 11.0. The minimum Gasteiger partial charge on any atom is -0.497 e. The predicted octanol–water partition coefficient (Wildman–Crippen LogP) is 3.09. The van der Waals surface area contributed by atoms with E-state index in [0.29, 0.717) is 11.6 Å². The number of hydrogen-bond acceptors (Lipinski definition) is 5. The van der Waals surface area contributed by atoms with Crippen LogP contribution in [-0.2, 0) is 0 Å². The van der Waals surface area contributed by atoms with Crippen LogP contribution < -0.4 is 10.1 Å². The Balaban J connectivity index is 1.69. The lowest BCUT2D eigenvalue weighted by atomic mass is 10.2. The molecule has 9 heteroatoms. The first-order valence-electron chi connectivity index (χ1n) is 6.89. The van der Waals surface area contributed by atoms with Crippen LogP contribution in [0.5, 0.6) is 5.75 Å². The first-order valence-corrected chi connectivity index (χ1v) is 7.66. The topological polar surface area (TPSA) is 67.3 Å². The summed E-state index contributed by atoms with van der Waals surface area (Å²) in [6, 6.07) is 6.60. The van der Waals surface area contributed by atoms with Crippen molar-refractivity contribution >= 4 is 22.7 Å². The highest BCUT2D eigenvalue weighted by molar-refractivity contribution is 7.10. The molecule has 2 heterocycles. The number of aromatic nitrogens is 2. The van der Waals surface area contributed by atoms with Crippen molar-refractivity contribution in [1.82, 2.24) is 14.3 Å². The zero-order valence-electron chi connectivity index (χ0n) is 12.3. The molecule has 23 heavy (non-hydrogen) atoms. The van der Waals surface area contributed by atoms with Gasteiger partial charge in [-0.1, -0.05) is 12.1 Å². The lowest BCUT2D eigenvalue weighted by molar-refractivity contribution is 0.0159. The van der Waals surface area contributed by atoms with E-state index in [2.05, 4.69) is 14.7 Å². The summed E-state index contributed by atoms with van der Waals surface area (Å²) in [6.45, 7) is -0.541. The molecular weight excluding hydrogens is 326 g/mol. The van der Waals surface area contributed by atoms with Gasteiger partial charge in [-0.2, -0.15) is 9.36 Å². The van der Waals surface area contributed by atoms with E-state index in [4.69, 9.17) is 4.74 Å². The van der Waals surface area contributed by atoms with E-state index >= 15 is 0 Å². The Morgan fingerprint density at radius 2 is 2.30 bits per heavy atom. The summed E-state index contributed by atoms with van der Waals surface area (Å²) < 4.78 is 35.6. The molecule has 6 nitrogen and oxygen atoms in total. The highest BCUT2D eigenvalue weighted by Crippen LogP contribution is 2.28. The Kier molecular flexibility index (Phi) is 4.12. The third kappa shape index (κ3) is 3.55. The normalized spacial score (nSPS) is 16.4. The molecule has 0 radical (unpaired) electrons. The Labute approximate surface area is 135 Å². The SMILES string of the molecule is COc1cccc(-c2nsc(NC(=O)N3CCC(F)(F)C3)n2)c1. The van der Waals surface area contributed by atoms with E-state index in [0.717, 1.165) is 22.0 Å². The van der Waals surface area contributed by atoms with Gasteiger partial charge >= 0.3 is 6.03 Å². The number of amides is 2. The van der Waals surface area contributed by atoms with Gasteiger partial charge in [-0.05, 0) is 12.1 Å². The number of alkyl halides is 2. The third-order valence-corrected chi connectivity index (χ3v) is 4.06. The number of anilines is 1. The molecule has 1 aliphatic rings. The average Bonchev–Trinajstić information content (AvgIpc) is 3.13. The van der Waals surface area contributed by atoms with Crippen molar-refractivity contribution in [2.24, 2.45) is 0 Å². The van der Waals surface area contributed by atoms with Crippen molar-refractivity contribution < 1.29 is 18.3 Å². The number of nitrogens with one attached hydrogen (secondary N) is 1. The van der Waals surface area contributed by atoms with Crippen LogP contribution in [0.1, 0.15) is 6.42 Å². The van der Waals surface area contributed by atoms with Gasteiger partial charge in [0.05, 0.1) is 13.7 Å². The number of urea groups is 1. The smallest absolute Gasteiger partial charge is 0.323 e. The number of halogens is 2. The average molecular weight is 340 g/mol. The molecule has 1 aromatic carbocycles. The van der Waals surface area contributed by atoms with Crippen LogP contribution >= 0.6 is 11.5 Å². The standard InChI is InChI=1S/C14H14F2N4O2S/c1-22-10-4-2-3-9(7-10)11-17-12(23-19-11)18-13(21)20-6-5-14(15,16)8-20/h2-4,7H,5-6,8H2,1H3,(H,17,18,19,21). The second-order valence-corrected chi connectivity index (χ2v) is 5.86. The van der Waals surface area contributed by atoms with Crippen LogP contribution in [0.15, 0.2) is 24.3 Å². The van der Waals surface area contributed by atoms with Crippen molar-refractivity contribution in [2.45, 2.75) is 12.3 Å². The number of benzene rings is 1. The van der Waals surface area contributed by atoms with Crippen molar-refractivity contribution in [3.8, 4) is 17.1 Å². The number of carbonyl (C=O) groups excluding carboxylic acids is 1. The van der Waals surface area contributed by atoms with E-state index in [1.165, 1.54) is 0 Å². The largest absolute Gasteiger partial charge is 0.497 e. The van der Waals surface area contributed by atoms with E-state index < -0.39 is 18.5 Å². The monoisotopic (exact) mass is 340 g/mol. The molecule has 1 aromatic heterocycles. The van der Waals surface area contributed by atoms with Gasteiger partial charge in [-0.15, -0.1) is 0 Å². The van der Waals surface area contributed by atoms with Crippen LogP contribution in [0.4, 0.5) is 18.7 Å². The molecule has 0 aliphatic carbocycles.